The lowest BCUT2D eigenvalue weighted by molar-refractivity contribution is -0.222. The van der Waals surface area contributed by atoms with Gasteiger partial charge in [0.05, 0.1) is 10.6 Å². The Kier molecular flexibility index (Phi) is 4.98. The molecule has 1 heterocycles. The maximum atomic E-state index is 11.9. The van der Waals surface area contributed by atoms with Crippen molar-refractivity contribution in [1.29, 1.82) is 0 Å². The van der Waals surface area contributed by atoms with E-state index in [0.717, 1.165) is 0 Å². The van der Waals surface area contributed by atoms with E-state index in [1.165, 1.54) is 32.2 Å². The second-order valence-corrected chi connectivity index (χ2v) is 7.83. The number of hydrogen-bond donors (Lipinski definition) is 1. The van der Waals surface area contributed by atoms with E-state index >= 15 is 0 Å². The molecule has 0 aliphatic carbocycles. The number of anilines is 1. The van der Waals surface area contributed by atoms with Crippen LogP contribution in [0, 0.1) is 0 Å². The average Bonchev–Trinajstić information content (AvgIpc) is 2.45. The fourth-order valence-electron chi connectivity index (χ4n) is 2.08. The van der Waals surface area contributed by atoms with Crippen LogP contribution < -0.4 is 5.32 Å². The summed E-state index contributed by atoms with van der Waals surface area (Å²) < 4.78 is 33.8. The van der Waals surface area contributed by atoms with Crippen molar-refractivity contribution in [2.75, 3.05) is 11.1 Å². The molecule has 2 rings (SSSR count). The van der Waals surface area contributed by atoms with Crippen LogP contribution in [0.2, 0.25) is 0 Å². The van der Waals surface area contributed by atoms with Crippen molar-refractivity contribution < 1.29 is 27.5 Å². The molecule has 0 aromatic heterocycles. The van der Waals surface area contributed by atoms with Crippen LogP contribution in [0.3, 0.4) is 0 Å². The molecule has 1 aromatic carbocycles. The first kappa shape index (κ1) is 18.0. The smallest absolute Gasteiger partial charge is 0.350 e. The van der Waals surface area contributed by atoms with Crippen molar-refractivity contribution in [2.24, 2.45) is 0 Å². The molecular weight excluding hydrogens is 334 g/mol. The first-order valence-corrected chi connectivity index (χ1v) is 9.06. The third-order valence-electron chi connectivity index (χ3n) is 3.19. The summed E-state index contributed by atoms with van der Waals surface area (Å²) in [5.74, 6) is -2.78. The zero-order valence-electron chi connectivity index (χ0n) is 13.7. The fourth-order valence-corrected chi connectivity index (χ4v) is 3.40. The number of carbonyl (C=O) groups excluding carboxylic acids is 2. The molecule has 1 saturated heterocycles. The van der Waals surface area contributed by atoms with Gasteiger partial charge in [-0.3, -0.25) is 0 Å². The molecular formula is C16H19NO6S. The molecule has 0 bridgehead atoms. The highest BCUT2D eigenvalue weighted by molar-refractivity contribution is 7.91. The maximum Gasteiger partial charge on any atom is 0.350 e. The maximum absolute atomic E-state index is 11.9. The normalized spacial score (nSPS) is 17.0. The number of cyclic esters (lactones) is 2. The minimum absolute atomic E-state index is 0.0806. The Labute approximate surface area is 140 Å². The molecule has 0 radical (unpaired) electrons. The van der Waals surface area contributed by atoms with Gasteiger partial charge in [-0.05, 0) is 30.7 Å². The van der Waals surface area contributed by atoms with E-state index in [2.05, 4.69) is 5.32 Å². The highest BCUT2D eigenvalue weighted by Gasteiger charge is 2.38. The summed E-state index contributed by atoms with van der Waals surface area (Å²) in [4.78, 5) is 23.8. The predicted molar refractivity (Wildman–Crippen MR) is 86.8 cm³/mol. The van der Waals surface area contributed by atoms with Gasteiger partial charge in [0.2, 0.25) is 0 Å². The molecule has 0 saturated carbocycles. The second kappa shape index (κ2) is 6.64. The van der Waals surface area contributed by atoms with Gasteiger partial charge in [-0.1, -0.05) is 6.92 Å². The third kappa shape index (κ3) is 4.14. The minimum Gasteiger partial charge on any atom is -0.419 e. The average molecular weight is 353 g/mol. The second-order valence-electron chi connectivity index (χ2n) is 5.72. The zero-order valence-corrected chi connectivity index (χ0v) is 14.5. The zero-order chi connectivity index (χ0) is 18.0. The van der Waals surface area contributed by atoms with Crippen LogP contribution in [-0.2, 0) is 28.9 Å². The van der Waals surface area contributed by atoms with Gasteiger partial charge in [-0.15, -0.1) is 0 Å². The van der Waals surface area contributed by atoms with Crippen molar-refractivity contribution >= 4 is 27.5 Å². The number of hydrogen-bond acceptors (Lipinski definition) is 7. The van der Waals surface area contributed by atoms with E-state index in [4.69, 9.17) is 9.47 Å². The van der Waals surface area contributed by atoms with E-state index < -0.39 is 27.6 Å². The number of rotatable bonds is 5. The lowest BCUT2D eigenvalue weighted by atomic mass is 10.2. The van der Waals surface area contributed by atoms with Crippen LogP contribution in [0.25, 0.3) is 0 Å². The van der Waals surface area contributed by atoms with Crippen molar-refractivity contribution in [2.45, 2.75) is 37.9 Å². The first-order valence-electron chi connectivity index (χ1n) is 7.41. The molecule has 130 valence electrons. The highest BCUT2D eigenvalue weighted by Crippen LogP contribution is 2.23. The summed E-state index contributed by atoms with van der Waals surface area (Å²) in [5, 5.41) is 2.75. The fraction of sp³-hybridized carbons (Fsp3) is 0.375. The number of ether oxygens (including phenoxy) is 2. The van der Waals surface area contributed by atoms with Gasteiger partial charge in [0.1, 0.15) is 0 Å². The van der Waals surface area contributed by atoms with Crippen molar-refractivity contribution in [1.82, 2.24) is 0 Å². The van der Waals surface area contributed by atoms with Crippen molar-refractivity contribution in [3.8, 4) is 0 Å². The number of nitrogens with one attached hydrogen (secondary N) is 1. The Morgan fingerprint density at radius 1 is 1.08 bits per heavy atom. The summed E-state index contributed by atoms with van der Waals surface area (Å²) >= 11 is 0. The van der Waals surface area contributed by atoms with E-state index in [-0.39, 0.29) is 16.2 Å². The van der Waals surface area contributed by atoms with Crippen LogP contribution in [0.1, 0.15) is 27.2 Å². The molecule has 0 amide bonds. The van der Waals surface area contributed by atoms with Gasteiger partial charge in [0, 0.05) is 25.7 Å². The summed E-state index contributed by atoms with van der Waals surface area (Å²) in [5.41, 5.74) is 0.250. The van der Waals surface area contributed by atoms with E-state index in [1.807, 2.05) is 0 Å². The minimum atomic E-state index is -3.28. The standard InChI is InChI=1S/C16H19NO6S/c1-4-9-24(20,21)12-7-5-11(6-8-12)17-10-13-14(18)22-16(2,3)23-15(13)19/h5-8,10,17H,4,9H2,1-3H3. The quantitative estimate of drug-likeness (QED) is 0.491. The molecule has 0 atom stereocenters. The number of carbonyl (C=O) groups is 2. The highest BCUT2D eigenvalue weighted by atomic mass is 32.2. The van der Waals surface area contributed by atoms with Crippen LogP contribution >= 0.6 is 0 Å². The van der Waals surface area contributed by atoms with Gasteiger partial charge in [0.25, 0.3) is 5.79 Å². The molecule has 1 fully saturated rings. The lowest BCUT2D eigenvalue weighted by Gasteiger charge is -2.29. The SMILES string of the molecule is CCCS(=O)(=O)c1ccc(NC=C2C(=O)OC(C)(C)OC2=O)cc1. The Balaban J connectivity index is 2.12. The molecule has 1 aliphatic rings. The number of benzene rings is 1. The summed E-state index contributed by atoms with van der Waals surface area (Å²) in [6.45, 7) is 4.72. The Hall–Kier alpha value is -2.35. The molecule has 1 N–H and O–H groups in total. The monoisotopic (exact) mass is 353 g/mol. The summed E-state index contributed by atoms with van der Waals surface area (Å²) in [7, 11) is -3.28. The van der Waals surface area contributed by atoms with Crippen LogP contribution in [0.4, 0.5) is 5.69 Å². The Morgan fingerprint density at radius 3 is 2.12 bits per heavy atom. The number of esters is 2. The largest absolute Gasteiger partial charge is 0.419 e. The number of sulfone groups is 1. The topological polar surface area (TPSA) is 98.8 Å². The van der Waals surface area contributed by atoms with Crippen LogP contribution in [0.15, 0.2) is 40.9 Å². The molecule has 8 heteroatoms. The molecule has 0 spiro atoms. The molecule has 24 heavy (non-hydrogen) atoms. The summed E-state index contributed by atoms with van der Waals surface area (Å²) in [6.07, 6.45) is 1.71. The third-order valence-corrected chi connectivity index (χ3v) is 5.12. The first-order chi connectivity index (χ1) is 11.1. The summed E-state index contributed by atoms with van der Waals surface area (Å²) in [6, 6.07) is 6.02. The van der Waals surface area contributed by atoms with Gasteiger partial charge >= 0.3 is 11.9 Å². The Morgan fingerprint density at radius 2 is 1.62 bits per heavy atom. The van der Waals surface area contributed by atoms with E-state index in [0.29, 0.717) is 12.1 Å². The van der Waals surface area contributed by atoms with Gasteiger partial charge in [0.15, 0.2) is 15.4 Å². The van der Waals surface area contributed by atoms with Gasteiger partial charge in [-0.25, -0.2) is 18.0 Å². The molecule has 0 unspecified atom stereocenters. The Bertz CT molecular complexity index is 755. The van der Waals surface area contributed by atoms with Crippen LogP contribution in [0.5, 0.6) is 0 Å². The predicted octanol–water partition coefficient (Wildman–Crippen LogP) is 2.00. The van der Waals surface area contributed by atoms with E-state index in [1.54, 1.807) is 19.1 Å². The van der Waals surface area contributed by atoms with Crippen molar-refractivity contribution in [3.05, 3.63) is 36.0 Å². The van der Waals surface area contributed by atoms with Gasteiger partial charge in [-0.2, -0.15) is 0 Å². The van der Waals surface area contributed by atoms with E-state index in [9.17, 15) is 18.0 Å². The molecule has 7 nitrogen and oxygen atoms in total. The van der Waals surface area contributed by atoms with Crippen LogP contribution in [-0.4, -0.2) is 31.9 Å². The molecule has 1 aliphatic heterocycles. The molecule has 1 aromatic rings. The van der Waals surface area contributed by atoms with Gasteiger partial charge < -0.3 is 14.8 Å². The lowest BCUT2D eigenvalue weighted by Crippen LogP contribution is -2.42. The van der Waals surface area contributed by atoms with Crippen molar-refractivity contribution in [3.63, 3.8) is 0 Å².